The number of rotatable bonds is 5. The Labute approximate surface area is 213 Å². The second-order valence-electron chi connectivity index (χ2n) is 9.58. The van der Waals surface area contributed by atoms with Crippen LogP contribution in [0.1, 0.15) is 47.5 Å². The van der Waals surface area contributed by atoms with Gasteiger partial charge in [-0.1, -0.05) is 34.8 Å². The standard InChI is InChI=1S/C24H29Cl3N2O3S/c1-23(2,3)32-22(30)28-14-6-7-21(28)24(4,5)29(20-15-17(26)10-13-19(20)27)33(31)18-11-8-16(25)9-12-18/h8-13,15,21H,6-7,14H2,1-5H3/t21-,33?/m0/s1. The lowest BCUT2D eigenvalue weighted by Crippen LogP contribution is -2.59. The molecule has 1 saturated heterocycles. The number of carbonyl (C=O) groups is 1. The largest absolute Gasteiger partial charge is 0.444 e. The molecule has 5 nitrogen and oxygen atoms in total. The summed E-state index contributed by atoms with van der Waals surface area (Å²) >= 11 is 18.9. The summed E-state index contributed by atoms with van der Waals surface area (Å²) in [6.07, 6.45) is 1.17. The van der Waals surface area contributed by atoms with Crippen LogP contribution in [0.3, 0.4) is 0 Å². The lowest BCUT2D eigenvalue weighted by molar-refractivity contribution is 0.0175. The number of benzene rings is 2. The van der Waals surface area contributed by atoms with Crippen LogP contribution in [0.2, 0.25) is 15.1 Å². The zero-order valence-electron chi connectivity index (χ0n) is 19.4. The third-order valence-electron chi connectivity index (χ3n) is 5.53. The van der Waals surface area contributed by atoms with Crippen molar-refractivity contribution >= 4 is 57.6 Å². The summed E-state index contributed by atoms with van der Waals surface area (Å²) in [6, 6.07) is 11.6. The van der Waals surface area contributed by atoms with Crippen LogP contribution in [0.4, 0.5) is 10.5 Å². The van der Waals surface area contributed by atoms with Gasteiger partial charge in [0.2, 0.25) is 0 Å². The van der Waals surface area contributed by atoms with E-state index in [9.17, 15) is 9.00 Å². The van der Waals surface area contributed by atoms with Gasteiger partial charge in [-0.25, -0.2) is 9.00 Å². The van der Waals surface area contributed by atoms with Crippen molar-refractivity contribution in [2.45, 2.75) is 69.5 Å². The van der Waals surface area contributed by atoms with Crippen LogP contribution in [0, 0.1) is 0 Å². The number of amides is 1. The average Bonchev–Trinajstić information content (AvgIpc) is 3.21. The van der Waals surface area contributed by atoms with Crippen LogP contribution < -0.4 is 4.31 Å². The topological polar surface area (TPSA) is 49.9 Å². The maximum atomic E-state index is 14.0. The Balaban J connectivity index is 2.08. The fourth-order valence-electron chi connectivity index (χ4n) is 4.09. The van der Waals surface area contributed by atoms with Gasteiger partial charge in [-0.05, 0) is 89.9 Å². The van der Waals surface area contributed by atoms with Crippen LogP contribution in [0.25, 0.3) is 0 Å². The molecule has 3 rings (SSSR count). The van der Waals surface area contributed by atoms with Crippen LogP contribution in [-0.2, 0) is 15.7 Å². The molecule has 1 amide bonds. The van der Waals surface area contributed by atoms with E-state index >= 15 is 0 Å². The number of carbonyl (C=O) groups excluding carboxylic acids is 1. The maximum absolute atomic E-state index is 14.0. The quantitative estimate of drug-likeness (QED) is 0.405. The first-order valence-corrected chi connectivity index (χ1v) is 13.0. The SMILES string of the molecule is CC(C)(C)OC(=O)N1CCC[C@H]1C(C)(C)N(c1cc(Cl)ccc1Cl)S(=O)c1ccc(Cl)cc1. The third kappa shape index (κ3) is 5.97. The molecular weight excluding hydrogens is 503 g/mol. The number of anilines is 1. The zero-order valence-corrected chi connectivity index (χ0v) is 22.5. The second kappa shape index (κ2) is 10.0. The third-order valence-corrected chi connectivity index (χ3v) is 8.01. The Morgan fingerprint density at radius 2 is 1.64 bits per heavy atom. The molecule has 2 aromatic carbocycles. The molecule has 2 aromatic rings. The van der Waals surface area contributed by atoms with E-state index in [1.807, 2.05) is 34.6 Å². The lowest BCUT2D eigenvalue weighted by Gasteiger charge is -2.46. The van der Waals surface area contributed by atoms with Crippen LogP contribution >= 0.6 is 34.8 Å². The normalized spacial score (nSPS) is 17.7. The average molecular weight is 532 g/mol. The highest BCUT2D eigenvalue weighted by molar-refractivity contribution is 7.86. The Hall–Kier alpha value is -1.47. The lowest BCUT2D eigenvalue weighted by atomic mass is 9.92. The molecular formula is C24H29Cl3N2O3S. The molecule has 0 bridgehead atoms. The molecule has 0 N–H and O–H groups in total. The summed E-state index contributed by atoms with van der Waals surface area (Å²) in [5.74, 6) is 0. The summed E-state index contributed by atoms with van der Waals surface area (Å²) in [5, 5.41) is 1.43. The summed E-state index contributed by atoms with van der Waals surface area (Å²) in [7, 11) is -1.66. The summed E-state index contributed by atoms with van der Waals surface area (Å²) in [5.41, 5.74) is -0.874. The highest BCUT2D eigenvalue weighted by Gasteiger charge is 2.47. The van der Waals surface area contributed by atoms with E-state index in [0.29, 0.717) is 32.2 Å². The van der Waals surface area contributed by atoms with Gasteiger partial charge in [0.1, 0.15) is 5.60 Å². The minimum atomic E-state index is -1.66. The van der Waals surface area contributed by atoms with E-state index < -0.39 is 22.1 Å². The van der Waals surface area contributed by atoms with Crippen molar-refractivity contribution in [3.8, 4) is 0 Å². The fourth-order valence-corrected chi connectivity index (χ4v) is 6.09. The highest BCUT2D eigenvalue weighted by Crippen LogP contribution is 2.41. The highest BCUT2D eigenvalue weighted by atomic mass is 35.5. The predicted molar refractivity (Wildman–Crippen MR) is 137 cm³/mol. The Morgan fingerprint density at radius 1 is 1.03 bits per heavy atom. The Morgan fingerprint density at radius 3 is 2.24 bits per heavy atom. The molecule has 0 radical (unpaired) electrons. The van der Waals surface area contributed by atoms with Crippen molar-refractivity contribution in [3.63, 3.8) is 0 Å². The van der Waals surface area contributed by atoms with Gasteiger partial charge in [-0.2, -0.15) is 0 Å². The molecule has 1 aliphatic rings. The van der Waals surface area contributed by atoms with E-state index in [4.69, 9.17) is 39.5 Å². The van der Waals surface area contributed by atoms with Crippen molar-refractivity contribution in [1.82, 2.24) is 4.90 Å². The molecule has 9 heteroatoms. The van der Waals surface area contributed by atoms with Crippen molar-refractivity contribution in [3.05, 3.63) is 57.5 Å². The van der Waals surface area contributed by atoms with Gasteiger partial charge in [0.15, 0.2) is 11.0 Å². The first kappa shape index (κ1) is 26.1. The minimum Gasteiger partial charge on any atom is -0.444 e. The van der Waals surface area contributed by atoms with Gasteiger partial charge >= 0.3 is 6.09 Å². The minimum absolute atomic E-state index is 0.265. The van der Waals surface area contributed by atoms with Gasteiger partial charge in [-0.3, -0.25) is 4.31 Å². The molecule has 1 unspecified atom stereocenters. The van der Waals surface area contributed by atoms with Gasteiger partial charge in [0.25, 0.3) is 0 Å². The number of nitrogens with zero attached hydrogens (tertiary/aromatic N) is 2. The van der Waals surface area contributed by atoms with E-state index in [-0.39, 0.29) is 12.1 Å². The van der Waals surface area contributed by atoms with Crippen molar-refractivity contribution < 1.29 is 13.7 Å². The summed E-state index contributed by atoms with van der Waals surface area (Å²) in [6.45, 7) is 10.0. The van der Waals surface area contributed by atoms with Gasteiger partial charge < -0.3 is 9.64 Å². The summed E-state index contributed by atoms with van der Waals surface area (Å²) < 4.78 is 21.4. The molecule has 0 saturated carbocycles. The Kier molecular flexibility index (Phi) is 7.94. The maximum Gasteiger partial charge on any atom is 0.410 e. The van der Waals surface area contributed by atoms with Gasteiger partial charge in [-0.15, -0.1) is 0 Å². The number of hydrogen-bond donors (Lipinski definition) is 0. The van der Waals surface area contributed by atoms with E-state index in [0.717, 1.165) is 12.8 Å². The van der Waals surface area contributed by atoms with Crippen molar-refractivity contribution in [2.24, 2.45) is 0 Å². The molecule has 0 aliphatic carbocycles. The number of ether oxygens (including phenoxy) is 1. The first-order chi connectivity index (χ1) is 15.3. The van der Waals surface area contributed by atoms with Crippen molar-refractivity contribution in [2.75, 3.05) is 10.8 Å². The second-order valence-corrected chi connectivity index (χ2v) is 12.2. The molecule has 0 spiro atoms. The Bertz CT molecular complexity index is 1040. The monoisotopic (exact) mass is 530 g/mol. The van der Waals surface area contributed by atoms with E-state index in [1.165, 1.54) is 0 Å². The number of hydrogen-bond acceptors (Lipinski definition) is 3. The molecule has 2 atom stereocenters. The number of likely N-dealkylation sites (tertiary alicyclic amines) is 1. The van der Waals surface area contributed by atoms with Crippen LogP contribution in [-0.4, -0.2) is 38.9 Å². The van der Waals surface area contributed by atoms with Gasteiger partial charge in [0.05, 0.1) is 27.2 Å². The van der Waals surface area contributed by atoms with E-state index in [1.54, 1.807) is 51.7 Å². The number of halogens is 3. The van der Waals surface area contributed by atoms with Gasteiger partial charge in [0, 0.05) is 16.6 Å². The van der Waals surface area contributed by atoms with E-state index in [2.05, 4.69) is 0 Å². The van der Waals surface area contributed by atoms with Crippen molar-refractivity contribution in [1.29, 1.82) is 0 Å². The zero-order chi connectivity index (χ0) is 24.6. The molecule has 1 aliphatic heterocycles. The van der Waals surface area contributed by atoms with Crippen LogP contribution in [0.15, 0.2) is 47.4 Å². The predicted octanol–water partition coefficient (Wildman–Crippen LogP) is 7.35. The summed E-state index contributed by atoms with van der Waals surface area (Å²) in [4.78, 5) is 15.3. The molecule has 33 heavy (non-hydrogen) atoms. The molecule has 0 aromatic heterocycles. The fraction of sp³-hybridized carbons (Fsp3) is 0.458. The van der Waals surface area contributed by atoms with Crippen LogP contribution in [0.5, 0.6) is 0 Å². The molecule has 1 fully saturated rings. The molecule has 180 valence electrons. The molecule has 1 heterocycles. The smallest absolute Gasteiger partial charge is 0.410 e. The first-order valence-electron chi connectivity index (χ1n) is 10.7.